The second-order valence-corrected chi connectivity index (χ2v) is 4.53. The third-order valence-corrected chi connectivity index (χ3v) is 1.78. The van der Waals surface area contributed by atoms with Gasteiger partial charge in [-0.15, -0.1) is 0 Å². The summed E-state index contributed by atoms with van der Waals surface area (Å²) >= 11 is 0. The Kier molecular flexibility index (Phi) is 4.09. The maximum absolute atomic E-state index is 11.5. The number of hydrogen-bond acceptors (Lipinski definition) is 4. The Morgan fingerprint density at radius 1 is 1.35 bits per heavy atom. The molecule has 0 unspecified atom stereocenters. The molecular weight excluding hydrogens is 218 g/mol. The monoisotopic (exact) mass is 235 g/mol. The minimum atomic E-state index is -0.504. The first-order chi connectivity index (χ1) is 7.90. The molecule has 1 aromatic carbocycles. The number of nitrogens with one attached hydrogen (secondary N) is 1. The Bertz CT molecular complexity index is 405. The Labute approximate surface area is 101 Å². The second-order valence-electron chi connectivity index (χ2n) is 4.53. The molecule has 0 radical (unpaired) electrons. The molecule has 0 saturated heterocycles. The molecule has 0 aliphatic heterocycles. The van der Waals surface area contributed by atoms with Gasteiger partial charge in [-0.2, -0.15) is 5.10 Å². The Morgan fingerprint density at radius 3 is 2.41 bits per heavy atom. The van der Waals surface area contributed by atoms with Crippen LogP contribution in [0.4, 0.5) is 10.5 Å². The smallest absolute Gasteiger partial charge is 0.412 e. The predicted octanol–water partition coefficient (Wildman–Crippen LogP) is 2.33. The fourth-order valence-corrected chi connectivity index (χ4v) is 1.16. The largest absolute Gasteiger partial charge is 0.444 e. The lowest BCUT2D eigenvalue weighted by Crippen LogP contribution is -2.27. The van der Waals surface area contributed by atoms with Crippen molar-refractivity contribution >= 4 is 18.0 Å². The number of amides is 1. The van der Waals surface area contributed by atoms with Gasteiger partial charge in [-0.05, 0) is 38.5 Å². The number of nitrogens with zero attached hydrogens (tertiary/aromatic N) is 1. The zero-order valence-corrected chi connectivity index (χ0v) is 10.2. The molecule has 92 valence electrons. The van der Waals surface area contributed by atoms with Gasteiger partial charge in [0.1, 0.15) is 5.60 Å². The Hall–Kier alpha value is -2.04. The van der Waals surface area contributed by atoms with Gasteiger partial charge in [-0.3, -0.25) is 5.32 Å². The van der Waals surface area contributed by atoms with Gasteiger partial charge in [0.15, 0.2) is 0 Å². The van der Waals surface area contributed by atoms with E-state index in [9.17, 15) is 4.79 Å². The molecule has 0 bridgehead atoms. The van der Waals surface area contributed by atoms with Crippen LogP contribution >= 0.6 is 0 Å². The molecule has 0 aliphatic rings. The maximum atomic E-state index is 11.5. The van der Waals surface area contributed by atoms with E-state index in [1.165, 1.54) is 6.21 Å². The number of nitrogens with two attached hydrogens (primary N) is 1. The van der Waals surface area contributed by atoms with Crippen LogP contribution in [0.5, 0.6) is 0 Å². The van der Waals surface area contributed by atoms with Crippen molar-refractivity contribution in [3.05, 3.63) is 29.8 Å². The molecule has 3 N–H and O–H groups in total. The van der Waals surface area contributed by atoms with Gasteiger partial charge in [0, 0.05) is 5.69 Å². The number of benzene rings is 1. The van der Waals surface area contributed by atoms with Crippen molar-refractivity contribution in [2.24, 2.45) is 10.9 Å². The molecule has 5 nitrogen and oxygen atoms in total. The van der Waals surface area contributed by atoms with Gasteiger partial charge in [0.2, 0.25) is 0 Å². The first kappa shape index (κ1) is 13.0. The summed E-state index contributed by atoms with van der Waals surface area (Å²) < 4.78 is 5.12. The predicted molar refractivity (Wildman–Crippen MR) is 68.1 cm³/mol. The quantitative estimate of drug-likeness (QED) is 0.469. The first-order valence-electron chi connectivity index (χ1n) is 5.24. The van der Waals surface area contributed by atoms with Crippen LogP contribution in [0.2, 0.25) is 0 Å². The summed E-state index contributed by atoms with van der Waals surface area (Å²) in [5, 5.41) is 6.04. The summed E-state index contributed by atoms with van der Waals surface area (Å²) in [6.07, 6.45) is 1.05. The van der Waals surface area contributed by atoms with Crippen molar-refractivity contribution in [2.45, 2.75) is 26.4 Å². The van der Waals surface area contributed by atoms with Gasteiger partial charge >= 0.3 is 6.09 Å². The van der Waals surface area contributed by atoms with E-state index in [0.29, 0.717) is 5.69 Å². The fourth-order valence-electron chi connectivity index (χ4n) is 1.16. The van der Waals surface area contributed by atoms with Crippen molar-refractivity contribution in [1.82, 2.24) is 0 Å². The Morgan fingerprint density at radius 2 is 1.94 bits per heavy atom. The summed E-state index contributed by atoms with van der Waals surface area (Å²) in [5.74, 6) is 5.03. The van der Waals surface area contributed by atoms with Crippen LogP contribution in [-0.2, 0) is 4.74 Å². The van der Waals surface area contributed by atoms with E-state index in [1.54, 1.807) is 24.3 Å². The molecule has 5 heteroatoms. The van der Waals surface area contributed by atoms with Crippen LogP contribution in [0.1, 0.15) is 26.3 Å². The summed E-state index contributed by atoms with van der Waals surface area (Å²) in [4.78, 5) is 11.5. The number of anilines is 1. The van der Waals surface area contributed by atoms with E-state index in [1.807, 2.05) is 20.8 Å². The fraction of sp³-hybridized carbons (Fsp3) is 0.333. The molecule has 1 amide bonds. The molecule has 0 fully saturated rings. The van der Waals surface area contributed by atoms with Crippen LogP contribution in [0.3, 0.4) is 0 Å². The van der Waals surface area contributed by atoms with Gasteiger partial charge in [0.05, 0.1) is 6.21 Å². The van der Waals surface area contributed by atoms with Crippen molar-refractivity contribution in [3.63, 3.8) is 0 Å². The third kappa shape index (κ3) is 5.01. The number of hydrogen-bond donors (Lipinski definition) is 2. The van der Waals surface area contributed by atoms with E-state index < -0.39 is 11.7 Å². The topological polar surface area (TPSA) is 76.7 Å². The zero-order valence-electron chi connectivity index (χ0n) is 10.2. The molecule has 0 atom stereocenters. The molecule has 17 heavy (non-hydrogen) atoms. The number of carbonyl (C=O) groups is 1. The molecule has 1 aromatic rings. The maximum Gasteiger partial charge on any atom is 0.412 e. The number of hydrazone groups is 1. The zero-order chi connectivity index (χ0) is 12.9. The Balaban J connectivity index is 2.60. The van der Waals surface area contributed by atoms with Crippen LogP contribution in [-0.4, -0.2) is 17.9 Å². The first-order valence-corrected chi connectivity index (χ1v) is 5.24. The molecule has 0 saturated carbocycles. The highest BCUT2D eigenvalue weighted by atomic mass is 16.6. The molecule has 0 heterocycles. The average molecular weight is 235 g/mol. The lowest BCUT2D eigenvalue weighted by molar-refractivity contribution is 0.0636. The molecular formula is C12H17N3O2. The van der Waals surface area contributed by atoms with Crippen molar-refractivity contribution < 1.29 is 9.53 Å². The van der Waals surface area contributed by atoms with Crippen molar-refractivity contribution in [2.75, 3.05) is 5.32 Å². The van der Waals surface area contributed by atoms with E-state index >= 15 is 0 Å². The van der Waals surface area contributed by atoms with Crippen LogP contribution in [0, 0.1) is 0 Å². The summed E-state index contributed by atoms with van der Waals surface area (Å²) in [5.41, 5.74) is 1.02. The van der Waals surface area contributed by atoms with Crippen LogP contribution < -0.4 is 11.2 Å². The van der Waals surface area contributed by atoms with Gasteiger partial charge in [0.25, 0.3) is 0 Å². The highest BCUT2D eigenvalue weighted by Gasteiger charge is 2.15. The number of rotatable bonds is 2. The van der Waals surface area contributed by atoms with Crippen LogP contribution in [0.15, 0.2) is 29.4 Å². The van der Waals surface area contributed by atoms with E-state index in [0.717, 1.165) is 5.56 Å². The van der Waals surface area contributed by atoms with Gasteiger partial charge in [-0.25, -0.2) is 4.79 Å². The second kappa shape index (κ2) is 5.34. The van der Waals surface area contributed by atoms with Crippen molar-refractivity contribution in [1.29, 1.82) is 0 Å². The van der Waals surface area contributed by atoms with Crippen molar-refractivity contribution in [3.8, 4) is 0 Å². The van der Waals surface area contributed by atoms with E-state index in [4.69, 9.17) is 10.6 Å². The highest BCUT2D eigenvalue weighted by molar-refractivity contribution is 5.86. The number of ether oxygens (including phenoxy) is 1. The lowest BCUT2D eigenvalue weighted by Gasteiger charge is -2.19. The normalized spacial score (nSPS) is 11.5. The molecule has 0 aromatic heterocycles. The minimum absolute atomic E-state index is 0.474. The average Bonchev–Trinajstić information content (AvgIpc) is 2.18. The third-order valence-electron chi connectivity index (χ3n) is 1.78. The summed E-state index contributed by atoms with van der Waals surface area (Å²) in [6.45, 7) is 5.44. The van der Waals surface area contributed by atoms with E-state index in [-0.39, 0.29) is 0 Å². The summed E-state index contributed by atoms with van der Waals surface area (Å²) in [7, 11) is 0. The minimum Gasteiger partial charge on any atom is -0.444 e. The van der Waals surface area contributed by atoms with Gasteiger partial charge < -0.3 is 10.6 Å². The molecule has 1 rings (SSSR count). The highest BCUT2D eigenvalue weighted by Crippen LogP contribution is 2.12. The number of carbonyl (C=O) groups excluding carboxylic acids is 1. The van der Waals surface area contributed by atoms with Gasteiger partial charge in [-0.1, -0.05) is 12.1 Å². The van der Waals surface area contributed by atoms with Crippen LogP contribution in [0.25, 0.3) is 0 Å². The molecule has 0 spiro atoms. The van der Waals surface area contributed by atoms with E-state index in [2.05, 4.69) is 10.4 Å². The lowest BCUT2D eigenvalue weighted by atomic mass is 10.2. The SMILES string of the molecule is CC(C)(C)OC(=O)Nc1ccc(C=NN)cc1. The summed E-state index contributed by atoms with van der Waals surface area (Å²) in [6, 6.07) is 7.09. The standard InChI is InChI=1S/C12H17N3O2/c1-12(2,3)17-11(16)15-10-6-4-9(5-7-10)8-14-13/h4-8H,13H2,1-3H3,(H,15,16). The molecule has 0 aliphatic carbocycles.